The third-order valence-electron chi connectivity index (χ3n) is 5.04. The van der Waals surface area contributed by atoms with Gasteiger partial charge in [0, 0.05) is 10.7 Å². The quantitative estimate of drug-likeness (QED) is 0.614. The molecule has 1 aliphatic heterocycles. The molecule has 152 valence electrons. The Kier molecular flexibility index (Phi) is 5.52. The Morgan fingerprint density at radius 2 is 1.58 bits per heavy atom. The summed E-state index contributed by atoms with van der Waals surface area (Å²) in [4.78, 5) is 38.2. The molecule has 0 aliphatic carbocycles. The molecular formula is C24H16ClN3O3. The molecule has 0 aromatic heterocycles. The van der Waals surface area contributed by atoms with Gasteiger partial charge < -0.3 is 5.32 Å². The van der Waals surface area contributed by atoms with E-state index in [0.29, 0.717) is 16.3 Å². The largest absolute Gasteiger partial charge is 0.324 e. The molecule has 0 bridgehead atoms. The molecule has 3 aromatic rings. The molecule has 3 aromatic carbocycles. The number of benzene rings is 3. The predicted molar refractivity (Wildman–Crippen MR) is 116 cm³/mol. The Labute approximate surface area is 183 Å². The fourth-order valence-electron chi connectivity index (χ4n) is 3.53. The lowest BCUT2D eigenvalue weighted by Gasteiger charge is -2.15. The number of fused-ring (bicyclic) bond motifs is 1. The molecule has 0 fully saturated rings. The summed E-state index contributed by atoms with van der Waals surface area (Å²) in [6.45, 7) is -0.406. The first-order valence-electron chi connectivity index (χ1n) is 9.48. The first-order valence-corrected chi connectivity index (χ1v) is 9.86. The maximum Gasteiger partial charge on any atom is 0.262 e. The van der Waals surface area contributed by atoms with Crippen LogP contribution in [0.15, 0.2) is 72.8 Å². The van der Waals surface area contributed by atoms with Crippen LogP contribution in [-0.2, 0) is 4.79 Å². The van der Waals surface area contributed by atoms with Crippen molar-refractivity contribution in [2.45, 2.75) is 5.92 Å². The number of hydrogen-bond acceptors (Lipinski definition) is 4. The zero-order chi connectivity index (χ0) is 22.0. The highest BCUT2D eigenvalue weighted by molar-refractivity contribution is 6.32. The molecule has 3 amide bonds. The van der Waals surface area contributed by atoms with Gasteiger partial charge in [0.2, 0.25) is 5.91 Å². The number of nitriles is 1. The second kappa shape index (κ2) is 8.42. The summed E-state index contributed by atoms with van der Waals surface area (Å²) in [5.41, 5.74) is 2.41. The number of amides is 3. The number of halogens is 1. The molecule has 0 saturated heterocycles. The van der Waals surface area contributed by atoms with Crippen LogP contribution in [0.2, 0.25) is 5.02 Å². The number of rotatable bonds is 5. The maximum absolute atomic E-state index is 12.5. The molecular weight excluding hydrogens is 414 g/mol. The van der Waals surface area contributed by atoms with Gasteiger partial charge in [0.05, 0.1) is 23.1 Å². The second-order valence-electron chi connectivity index (χ2n) is 7.00. The molecule has 1 atom stereocenters. The molecule has 7 heteroatoms. The third-order valence-corrected chi connectivity index (χ3v) is 5.36. The van der Waals surface area contributed by atoms with Crippen LogP contribution in [0.5, 0.6) is 0 Å². The summed E-state index contributed by atoms with van der Waals surface area (Å²) in [6.07, 6.45) is 0. The zero-order valence-electron chi connectivity index (χ0n) is 16.2. The Hall–Kier alpha value is -3.95. The van der Waals surface area contributed by atoms with Crippen molar-refractivity contribution in [1.29, 1.82) is 5.26 Å². The standard InChI is InChI=1S/C24H16ClN3O3/c25-21-12-16(10-11-17(21)20(13-26)15-6-2-1-3-7-15)27-22(29)14-28-23(30)18-8-4-5-9-19(18)24(28)31/h1-12,20H,14H2,(H,27,29). The van der Waals surface area contributed by atoms with Crippen LogP contribution in [0.1, 0.15) is 37.8 Å². The van der Waals surface area contributed by atoms with E-state index in [1.165, 1.54) is 0 Å². The minimum Gasteiger partial charge on any atom is -0.324 e. The number of imide groups is 1. The first-order chi connectivity index (χ1) is 15.0. The van der Waals surface area contributed by atoms with Gasteiger partial charge in [-0.3, -0.25) is 19.3 Å². The number of nitrogens with one attached hydrogen (secondary N) is 1. The molecule has 1 aliphatic rings. The van der Waals surface area contributed by atoms with Gasteiger partial charge in [0.25, 0.3) is 11.8 Å². The van der Waals surface area contributed by atoms with Crippen molar-refractivity contribution in [2.24, 2.45) is 0 Å². The van der Waals surface area contributed by atoms with E-state index in [1.807, 2.05) is 30.3 Å². The van der Waals surface area contributed by atoms with E-state index >= 15 is 0 Å². The normalized spacial score (nSPS) is 13.5. The van der Waals surface area contributed by atoms with Crippen molar-refractivity contribution in [1.82, 2.24) is 4.90 Å². The van der Waals surface area contributed by atoms with Crippen LogP contribution in [-0.4, -0.2) is 29.2 Å². The van der Waals surface area contributed by atoms with E-state index in [9.17, 15) is 19.6 Å². The maximum atomic E-state index is 12.5. The molecule has 6 nitrogen and oxygen atoms in total. The molecule has 1 N–H and O–H groups in total. The van der Waals surface area contributed by atoms with Gasteiger partial charge in [-0.05, 0) is 35.4 Å². The summed E-state index contributed by atoms with van der Waals surface area (Å²) in [5.74, 6) is -2.07. The van der Waals surface area contributed by atoms with E-state index in [2.05, 4.69) is 11.4 Å². The van der Waals surface area contributed by atoms with E-state index in [-0.39, 0.29) is 11.1 Å². The highest BCUT2D eigenvalue weighted by Gasteiger charge is 2.36. The Morgan fingerprint density at radius 3 is 2.16 bits per heavy atom. The van der Waals surface area contributed by atoms with E-state index in [0.717, 1.165) is 10.5 Å². The van der Waals surface area contributed by atoms with Crippen molar-refractivity contribution in [3.63, 3.8) is 0 Å². The number of carbonyl (C=O) groups is 3. The Morgan fingerprint density at radius 1 is 0.968 bits per heavy atom. The molecule has 31 heavy (non-hydrogen) atoms. The van der Waals surface area contributed by atoms with Crippen molar-refractivity contribution in [3.05, 3.63) is 100 Å². The topological polar surface area (TPSA) is 90.3 Å². The van der Waals surface area contributed by atoms with E-state index in [1.54, 1.807) is 42.5 Å². The van der Waals surface area contributed by atoms with Crippen LogP contribution in [0, 0.1) is 11.3 Å². The van der Waals surface area contributed by atoms with E-state index in [4.69, 9.17) is 11.6 Å². The number of nitrogens with zero attached hydrogens (tertiary/aromatic N) is 2. The lowest BCUT2D eigenvalue weighted by atomic mass is 9.92. The SMILES string of the molecule is N#CC(c1ccccc1)c1ccc(NC(=O)CN2C(=O)c3ccccc3C2=O)cc1Cl. The van der Waals surface area contributed by atoms with Crippen molar-refractivity contribution in [3.8, 4) is 6.07 Å². The minimum atomic E-state index is -0.545. The summed E-state index contributed by atoms with van der Waals surface area (Å²) in [6, 6.07) is 22.8. The average molecular weight is 430 g/mol. The Balaban J connectivity index is 1.48. The van der Waals surface area contributed by atoms with Crippen molar-refractivity contribution >= 4 is 35.0 Å². The fourth-order valence-corrected chi connectivity index (χ4v) is 3.82. The number of carbonyl (C=O) groups excluding carboxylic acids is 3. The highest BCUT2D eigenvalue weighted by Crippen LogP contribution is 2.32. The van der Waals surface area contributed by atoms with Gasteiger partial charge in [-0.2, -0.15) is 5.26 Å². The number of anilines is 1. The molecule has 4 rings (SSSR count). The number of hydrogen-bond donors (Lipinski definition) is 1. The molecule has 1 heterocycles. The molecule has 0 spiro atoms. The van der Waals surface area contributed by atoms with Crippen LogP contribution in [0.4, 0.5) is 5.69 Å². The van der Waals surface area contributed by atoms with E-state index < -0.39 is 30.2 Å². The Bertz CT molecular complexity index is 1200. The smallest absolute Gasteiger partial charge is 0.262 e. The van der Waals surface area contributed by atoms with Gasteiger partial charge in [0.1, 0.15) is 6.54 Å². The monoisotopic (exact) mass is 429 g/mol. The first kappa shape index (κ1) is 20.3. The van der Waals surface area contributed by atoms with Gasteiger partial charge in [-0.1, -0.05) is 60.1 Å². The highest BCUT2D eigenvalue weighted by atomic mass is 35.5. The summed E-state index contributed by atoms with van der Waals surface area (Å²) in [5, 5.41) is 12.6. The van der Waals surface area contributed by atoms with Gasteiger partial charge >= 0.3 is 0 Å². The van der Waals surface area contributed by atoms with Gasteiger partial charge in [-0.15, -0.1) is 0 Å². The zero-order valence-corrected chi connectivity index (χ0v) is 17.0. The van der Waals surface area contributed by atoms with Gasteiger partial charge in [-0.25, -0.2) is 0 Å². The van der Waals surface area contributed by atoms with Crippen LogP contribution in [0.25, 0.3) is 0 Å². The van der Waals surface area contributed by atoms with Crippen LogP contribution < -0.4 is 5.32 Å². The van der Waals surface area contributed by atoms with Crippen LogP contribution in [0.3, 0.4) is 0 Å². The molecule has 0 radical (unpaired) electrons. The predicted octanol–water partition coefficient (Wildman–Crippen LogP) is 4.23. The van der Waals surface area contributed by atoms with Gasteiger partial charge in [0.15, 0.2) is 0 Å². The fraction of sp³-hybridized carbons (Fsp3) is 0.0833. The lowest BCUT2D eigenvalue weighted by Crippen LogP contribution is -2.37. The van der Waals surface area contributed by atoms with Crippen molar-refractivity contribution in [2.75, 3.05) is 11.9 Å². The summed E-state index contributed by atoms with van der Waals surface area (Å²) < 4.78 is 0. The minimum absolute atomic E-state index is 0.288. The molecule has 0 saturated carbocycles. The summed E-state index contributed by atoms with van der Waals surface area (Å²) in [7, 11) is 0. The third kappa shape index (κ3) is 3.91. The van der Waals surface area contributed by atoms with Crippen molar-refractivity contribution < 1.29 is 14.4 Å². The lowest BCUT2D eigenvalue weighted by molar-refractivity contribution is -0.116. The van der Waals surface area contributed by atoms with Crippen LogP contribution >= 0.6 is 11.6 Å². The summed E-state index contributed by atoms with van der Waals surface area (Å²) >= 11 is 6.39. The molecule has 1 unspecified atom stereocenters. The average Bonchev–Trinajstić information content (AvgIpc) is 3.01. The second-order valence-corrected chi connectivity index (χ2v) is 7.41.